The zero-order valence-corrected chi connectivity index (χ0v) is 7.19. The molecule has 4 nitrogen and oxygen atoms in total. The van der Waals surface area contributed by atoms with Gasteiger partial charge in [0.05, 0.1) is 6.42 Å². The van der Waals surface area contributed by atoms with Crippen LogP contribution in [0.5, 0.6) is 0 Å². The molecule has 0 aliphatic rings. The van der Waals surface area contributed by atoms with Crippen molar-refractivity contribution in [2.75, 3.05) is 13.1 Å². The van der Waals surface area contributed by atoms with Crippen LogP contribution in [-0.2, 0) is 9.59 Å². The van der Waals surface area contributed by atoms with Crippen LogP contribution in [0, 0.1) is 12.3 Å². The van der Waals surface area contributed by atoms with E-state index in [0.717, 1.165) is 4.90 Å². The Bertz CT molecular complexity index is 252. The van der Waals surface area contributed by atoms with Crippen LogP contribution in [0.3, 0.4) is 0 Å². The van der Waals surface area contributed by atoms with Gasteiger partial charge in [-0.05, 0) is 0 Å². The molecule has 0 bridgehead atoms. The summed E-state index contributed by atoms with van der Waals surface area (Å²) in [5, 5.41) is 8.45. The molecule has 0 spiro atoms. The first kappa shape index (κ1) is 11.2. The second-order valence-electron chi connectivity index (χ2n) is 2.34. The van der Waals surface area contributed by atoms with Gasteiger partial charge in [-0.15, -0.1) is 13.0 Å². The minimum Gasteiger partial charge on any atom is -0.480 e. The van der Waals surface area contributed by atoms with E-state index in [1.54, 1.807) is 0 Å². The van der Waals surface area contributed by atoms with Crippen molar-refractivity contribution in [3.8, 4) is 12.3 Å². The summed E-state index contributed by atoms with van der Waals surface area (Å²) in [6.45, 7) is 3.27. The van der Waals surface area contributed by atoms with Gasteiger partial charge in [0.1, 0.15) is 6.54 Å². The lowest BCUT2D eigenvalue weighted by molar-refractivity contribution is -0.143. The molecule has 4 heteroatoms. The lowest BCUT2D eigenvalue weighted by Gasteiger charge is -2.17. The standard InChI is InChI=1S/C9H11NO3/c1-3-5-8(11)10(6-4-2)7-9(12)13/h1,4H,2,5-7H2,(H,12,13). The predicted molar refractivity (Wildman–Crippen MR) is 47.9 cm³/mol. The highest BCUT2D eigenvalue weighted by atomic mass is 16.4. The summed E-state index contributed by atoms with van der Waals surface area (Å²) in [6, 6.07) is 0. The number of carboxylic acids is 1. The van der Waals surface area contributed by atoms with Crippen molar-refractivity contribution in [3.05, 3.63) is 12.7 Å². The minimum absolute atomic E-state index is 0.0822. The van der Waals surface area contributed by atoms with Crippen molar-refractivity contribution in [1.82, 2.24) is 4.90 Å². The molecule has 0 fully saturated rings. The molecule has 0 aromatic carbocycles. The van der Waals surface area contributed by atoms with E-state index in [4.69, 9.17) is 11.5 Å². The van der Waals surface area contributed by atoms with Crippen molar-refractivity contribution in [1.29, 1.82) is 0 Å². The molecule has 0 atom stereocenters. The highest BCUT2D eigenvalue weighted by Gasteiger charge is 2.13. The number of hydrogen-bond donors (Lipinski definition) is 1. The Hall–Kier alpha value is -1.76. The van der Waals surface area contributed by atoms with Crippen molar-refractivity contribution in [2.24, 2.45) is 0 Å². The third-order valence-corrected chi connectivity index (χ3v) is 1.28. The van der Waals surface area contributed by atoms with Gasteiger partial charge in [0.2, 0.25) is 5.91 Å². The van der Waals surface area contributed by atoms with Gasteiger partial charge in [0.15, 0.2) is 0 Å². The molecule has 0 aromatic rings. The molecule has 1 amide bonds. The number of nitrogens with zero attached hydrogens (tertiary/aromatic N) is 1. The maximum Gasteiger partial charge on any atom is 0.323 e. The fourth-order valence-electron chi connectivity index (χ4n) is 0.773. The molecule has 0 radical (unpaired) electrons. The number of carbonyl (C=O) groups excluding carboxylic acids is 1. The Balaban J connectivity index is 4.23. The van der Waals surface area contributed by atoms with Crippen LogP contribution >= 0.6 is 0 Å². The molecule has 0 saturated heterocycles. The monoisotopic (exact) mass is 181 g/mol. The average Bonchev–Trinajstić information content (AvgIpc) is 2.03. The van der Waals surface area contributed by atoms with Crippen LogP contribution in [0.1, 0.15) is 6.42 Å². The molecule has 0 saturated carbocycles. The van der Waals surface area contributed by atoms with Gasteiger partial charge < -0.3 is 10.0 Å². The summed E-state index contributed by atoms with van der Waals surface area (Å²) >= 11 is 0. The van der Waals surface area contributed by atoms with Crippen molar-refractivity contribution >= 4 is 11.9 Å². The number of aliphatic carboxylic acids is 1. The maximum atomic E-state index is 11.1. The molecule has 0 unspecified atom stereocenters. The molecule has 70 valence electrons. The molecule has 0 aliphatic carbocycles. The summed E-state index contributed by atoms with van der Waals surface area (Å²) in [6.07, 6.45) is 6.30. The first-order chi connectivity index (χ1) is 6.11. The van der Waals surface area contributed by atoms with E-state index in [1.807, 2.05) is 0 Å². The molecule has 0 aliphatic heterocycles. The van der Waals surface area contributed by atoms with Gasteiger partial charge >= 0.3 is 5.97 Å². The number of carbonyl (C=O) groups is 2. The van der Waals surface area contributed by atoms with Gasteiger partial charge in [-0.25, -0.2) is 0 Å². The number of amides is 1. The number of terminal acetylenes is 1. The largest absolute Gasteiger partial charge is 0.480 e. The third-order valence-electron chi connectivity index (χ3n) is 1.28. The summed E-state index contributed by atoms with van der Waals surface area (Å²) < 4.78 is 0. The smallest absolute Gasteiger partial charge is 0.323 e. The molecular weight excluding hydrogens is 170 g/mol. The molecule has 13 heavy (non-hydrogen) atoms. The Kier molecular flexibility index (Phi) is 5.05. The van der Waals surface area contributed by atoms with Gasteiger partial charge in [0.25, 0.3) is 0 Å². The van der Waals surface area contributed by atoms with Gasteiger partial charge in [-0.3, -0.25) is 9.59 Å². The second kappa shape index (κ2) is 5.84. The zero-order valence-electron chi connectivity index (χ0n) is 7.19. The molecule has 1 N–H and O–H groups in total. The lowest BCUT2D eigenvalue weighted by Crippen LogP contribution is -2.35. The molecule has 0 aromatic heterocycles. The number of hydrogen-bond acceptors (Lipinski definition) is 2. The number of carboxylic acid groups (broad SMARTS) is 1. The van der Waals surface area contributed by atoms with E-state index in [0.29, 0.717) is 0 Å². The van der Waals surface area contributed by atoms with E-state index < -0.39 is 5.97 Å². The highest BCUT2D eigenvalue weighted by molar-refractivity contribution is 5.82. The van der Waals surface area contributed by atoms with E-state index in [2.05, 4.69) is 12.5 Å². The Morgan fingerprint density at radius 3 is 2.62 bits per heavy atom. The fourth-order valence-corrected chi connectivity index (χ4v) is 0.773. The van der Waals surface area contributed by atoms with Crippen LogP contribution in [0.2, 0.25) is 0 Å². The summed E-state index contributed by atoms with van der Waals surface area (Å²) in [5.41, 5.74) is 0. The molecule has 0 heterocycles. The highest BCUT2D eigenvalue weighted by Crippen LogP contribution is 1.93. The van der Waals surface area contributed by atoms with Crippen LogP contribution in [-0.4, -0.2) is 35.0 Å². The van der Waals surface area contributed by atoms with Crippen LogP contribution in [0.25, 0.3) is 0 Å². The van der Waals surface area contributed by atoms with E-state index in [9.17, 15) is 9.59 Å². The van der Waals surface area contributed by atoms with E-state index in [1.165, 1.54) is 6.08 Å². The van der Waals surface area contributed by atoms with Gasteiger partial charge in [0, 0.05) is 6.54 Å². The lowest BCUT2D eigenvalue weighted by atomic mass is 10.3. The SMILES string of the molecule is C#CCC(=O)N(CC=C)CC(=O)O. The van der Waals surface area contributed by atoms with E-state index in [-0.39, 0.29) is 25.4 Å². The Labute approximate surface area is 76.8 Å². The van der Waals surface area contributed by atoms with Crippen LogP contribution in [0.15, 0.2) is 12.7 Å². The average molecular weight is 181 g/mol. The van der Waals surface area contributed by atoms with Crippen molar-refractivity contribution in [3.63, 3.8) is 0 Å². The van der Waals surface area contributed by atoms with E-state index >= 15 is 0 Å². The Morgan fingerprint density at radius 1 is 1.62 bits per heavy atom. The number of rotatable bonds is 5. The first-order valence-corrected chi connectivity index (χ1v) is 3.65. The van der Waals surface area contributed by atoms with Crippen LogP contribution < -0.4 is 0 Å². The maximum absolute atomic E-state index is 11.1. The van der Waals surface area contributed by atoms with Crippen LogP contribution in [0.4, 0.5) is 0 Å². The zero-order chi connectivity index (χ0) is 10.3. The first-order valence-electron chi connectivity index (χ1n) is 3.65. The molecular formula is C9H11NO3. The minimum atomic E-state index is -1.06. The normalized spacial score (nSPS) is 8.54. The summed E-state index contributed by atoms with van der Waals surface area (Å²) in [7, 11) is 0. The summed E-state index contributed by atoms with van der Waals surface area (Å²) in [4.78, 5) is 22.6. The third kappa shape index (κ3) is 4.64. The summed E-state index contributed by atoms with van der Waals surface area (Å²) in [5.74, 6) is 0.728. The quantitative estimate of drug-likeness (QED) is 0.483. The molecule has 0 rings (SSSR count). The predicted octanol–water partition coefficient (Wildman–Crippen LogP) is 0.109. The van der Waals surface area contributed by atoms with Crippen molar-refractivity contribution in [2.45, 2.75) is 6.42 Å². The topological polar surface area (TPSA) is 57.6 Å². The second-order valence-corrected chi connectivity index (χ2v) is 2.34. The van der Waals surface area contributed by atoms with Gasteiger partial charge in [-0.2, -0.15) is 0 Å². The van der Waals surface area contributed by atoms with Gasteiger partial charge in [-0.1, -0.05) is 12.0 Å². The fraction of sp³-hybridized carbons (Fsp3) is 0.333. The van der Waals surface area contributed by atoms with Crippen molar-refractivity contribution < 1.29 is 14.7 Å². The Morgan fingerprint density at radius 2 is 2.23 bits per heavy atom.